The van der Waals surface area contributed by atoms with Crippen LogP contribution in [-0.2, 0) is 14.0 Å². The van der Waals surface area contributed by atoms with Crippen molar-refractivity contribution >= 4 is 43.4 Å². The number of ether oxygens (including phenoxy) is 1. The molecule has 2 N–H and O–H groups in total. The summed E-state index contributed by atoms with van der Waals surface area (Å²) in [5.41, 5.74) is 3.21. The molecular formula is C37H48N2O4S2. The summed E-state index contributed by atoms with van der Waals surface area (Å²) in [6.45, 7) is 19.7. The Balaban J connectivity index is 0.000000893. The van der Waals surface area contributed by atoms with E-state index in [1.807, 2.05) is 77.1 Å². The van der Waals surface area contributed by atoms with Crippen molar-refractivity contribution in [1.29, 1.82) is 5.41 Å². The summed E-state index contributed by atoms with van der Waals surface area (Å²) in [6, 6.07) is 25.4. The number of hydrogen-bond donors (Lipinski definition) is 2. The minimum Gasteiger partial charge on any atom is -0.491 e. The minimum absolute atomic E-state index is 0.107. The highest BCUT2D eigenvalue weighted by Crippen LogP contribution is 2.30. The first-order valence-corrected chi connectivity index (χ1v) is 17.1. The lowest BCUT2D eigenvalue weighted by Gasteiger charge is -2.15. The van der Waals surface area contributed by atoms with Gasteiger partial charge in [0.1, 0.15) is 12.4 Å². The van der Waals surface area contributed by atoms with Crippen LogP contribution in [0.5, 0.6) is 5.75 Å². The van der Waals surface area contributed by atoms with Crippen molar-refractivity contribution in [3.63, 3.8) is 0 Å². The minimum atomic E-state index is -4.07. The van der Waals surface area contributed by atoms with Gasteiger partial charge in [-0.1, -0.05) is 86.5 Å². The summed E-state index contributed by atoms with van der Waals surface area (Å²) in [5.74, 6) is 0.459. The maximum Gasteiger partial charge on any atom is 0.224 e. The number of fused-ring (bicyclic) bond motifs is 1. The number of nitrogens with one attached hydrogen (secondary N) is 2. The van der Waals surface area contributed by atoms with E-state index < -0.39 is 14.9 Å². The first-order valence-electron chi connectivity index (χ1n) is 14.9. The Morgan fingerprint density at radius 3 is 2.18 bits per heavy atom. The molecule has 0 fully saturated rings. The summed E-state index contributed by atoms with van der Waals surface area (Å²) in [4.78, 5) is 1.11. The Morgan fingerprint density at radius 2 is 1.58 bits per heavy atom. The SMILES string of the molecule is C=C(C)CC.C=CC.CC.CNc1ccc(OCCOSc2ccc(C)cc2)cc1C(=N)S(=O)(=O)c1cccc2ccccc12. The van der Waals surface area contributed by atoms with Crippen LogP contribution in [0.25, 0.3) is 10.8 Å². The van der Waals surface area contributed by atoms with Crippen molar-refractivity contribution in [2.45, 2.75) is 57.8 Å². The molecule has 0 radical (unpaired) electrons. The third-order valence-electron chi connectivity index (χ3n) is 6.03. The Morgan fingerprint density at radius 1 is 0.978 bits per heavy atom. The molecular weight excluding hydrogens is 601 g/mol. The molecule has 4 aromatic rings. The van der Waals surface area contributed by atoms with Crippen molar-refractivity contribution in [2.75, 3.05) is 25.6 Å². The second-order valence-electron chi connectivity index (χ2n) is 9.55. The van der Waals surface area contributed by atoms with E-state index in [1.54, 1.807) is 49.5 Å². The lowest BCUT2D eigenvalue weighted by molar-refractivity contribution is 0.239. The van der Waals surface area contributed by atoms with Crippen molar-refractivity contribution < 1.29 is 17.3 Å². The number of hydrogen-bond acceptors (Lipinski definition) is 7. The normalized spacial score (nSPS) is 10.1. The van der Waals surface area contributed by atoms with Gasteiger partial charge in [0.25, 0.3) is 0 Å². The van der Waals surface area contributed by atoms with Crippen LogP contribution in [0.1, 0.15) is 52.2 Å². The molecule has 0 heterocycles. The van der Waals surface area contributed by atoms with Gasteiger partial charge in [-0.2, -0.15) is 0 Å². The van der Waals surface area contributed by atoms with Crippen molar-refractivity contribution in [3.05, 3.63) is 121 Å². The first-order chi connectivity index (χ1) is 21.6. The molecule has 0 saturated carbocycles. The van der Waals surface area contributed by atoms with Crippen molar-refractivity contribution in [1.82, 2.24) is 0 Å². The quantitative estimate of drug-likeness (QED) is 0.0585. The molecule has 0 bridgehead atoms. The van der Waals surface area contributed by atoms with Crippen molar-refractivity contribution in [2.24, 2.45) is 0 Å². The largest absolute Gasteiger partial charge is 0.491 e. The Labute approximate surface area is 275 Å². The van der Waals surface area contributed by atoms with Crippen LogP contribution in [0.15, 0.2) is 120 Å². The predicted molar refractivity (Wildman–Crippen MR) is 195 cm³/mol. The lowest BCUT2D eigenvalue weighted by Crippen LogP contribution is -2.17. The number of sulfone groups is 1. The van der Waals surface area contributed by atoms with E-state index in [9.17, 15) is 8.42 Å². The number of anilines is 1. The molecule has 0 unspecified atom stereocenters. The topological polar surface area (TPSA) is 88.5 Å². The van der Waals surface area contributed by atoms with Crippen LogP contribution in [0.4, 0.5) is 5.69 Å². The summed E-state index contributed by atoms with van der Waals surface area (Å²) >= 11 is 1.28. The molecule has 0 aliphatic carbocycles. The van der Waals surface area contributed by atoms with Crippen LogP contribution in [-0.4, -0.2) is 33.7 Å². The van der Waals surface area contributed by atoms with Gasteiger partial charge in [0.15, 0.2) is 5.04 Å². The van der Waals surface area contributed by atoms with Crippen LogP contribution >= 0.6 is 12.0 Å². The van der Waals surface area contributed by atoms with Gasteiger partial charge in [-0.15, -0.1) is 13.2 Å². The van der Waals surface area contributed by atoms with E-state index in [-0.39, 0.29) is 17.1 Å². The summed E-state index contributed by atoms with van der Waals surface area (Å²) < 4.78 is 38.3. The van der Waals surface area contributed by atoms with Crippen LogP contribution in [0.3, 0.4) is 0 Å². The standard InChI is InChI=1S/C27H26N2O4S2.C5H10.C3H6.C2H6/c1-19-10-13-22(14-11-19)34-33-17-16-32-21-12-15-25(29-2)24(18-21)27(28)35(30,31)26-9-5-7-20-6-3-4-8-23(20)26;1-4-5(2)3;1-3-2;1-2/h3-15,18,28-29H,16-17H2,1-2H3;2,4H2,1,3H3;3H,1H2,2H3;1-2H3. The fourth-order valence-electron chi connectivity index (χ4n) is 3.60. The van der Waals surface area contributed by atoms with Gasteiger partial charge < -0.3 is 14.2 Å². The molecule has 242 valence electrons. The lowest BCUT2D eigenvalue weighted by atomic mass is 10.1. The molecule has 0 amide bonds. The fourth-order valence-corrected chi connectivity index (χ4v) is 5.55. The highest BCUT2D eigenvalue weighted by Gasteiger charge is 2.26. The van der Waals surface area contributed by atoms with Crippen molar-refractivity contribution in [3.8, 4) is 5.75 Å². The molecule has 0 aliphatic heterocycles. The Kier molecular flexibility index (Phi) is 18.3. The molecule has 0 atom stereocenters. The van der Waals surface area contributed by atoms with Crippen LogP contribution < -0.4 is 10.1 Å². The molecule has 4 aromatic carbocycles. The zero-order chi connectivity index (χ0) is 33.8. The molecule has 0 aliphatic rings. The molecule has 6 nitrogen and oxygen atoms in total. The maximum atomic E-state index is 13.5. The van der Waals surface area contributed by atoms with E-state index in [2.05, 4.69) is 25.4 Å². The molecule has 45 heavy (non-hydrogen) atoms. The fraction of sp³-hybridized carbons (Fsp3) is 0.270. The summed E-state index contributed by atoms with van der Waals surface area (Å²) in [5, 5.41) is 12.5. The zero-order valence-electron chi connectivity index (χ0n) is 27.6. The molecule has 8 heteroatoms. The first kappa shape index (κ1) is 39.2. The number of benzene rings is 4. The van der Waals surface area contributed by atoms with E-state index in [4.69, 9.17) is 14.3 Å². The maximum absolute atomic E-state index is 13.5. The highest BCUT2D eigenvalue weighted by atomic mass is 32.2. The summed E-state index contributed by atoms with van der Waals surface area (Å²) in [7, 11) is -2.38. The van der Waals surface area contributed by atoms with E-state index in [1.165, 1.54) is 29.2 Å². The van der Waals surface area contributed by atoms with Gasteiger partial charge in [-0.05, 0) is 69.0 Å². The van der Waals surface area contributed by atoms with Crippen LogP contribution in [0.2, 0.25) is 0 Å². The number of allylic oxidation sites excluding steroid dienone is 2. The molecule has 0 saturated heterocycles. The second-order valence-corrected chi connectivity index (χ2v) is 12.3. The number of aryl methyl sites for hydroxylation is 1. The highest BCUT2D eigenvalue weighted by molar-refractivity contribution is 8.07. The summed E-state index contributed by atoms with van der Waals surface area (Å²) in [6.07, 6.45) is 2.86. The van der Waals surface area contributed by atoms with Gasteiger partial charge in [0.2, 0.25) is 9.84 Å². The van der Waals surface area contributed by atoms with Gasteiger partial charge >= 0.3 is 0 Å². The average Bonchev–Trinajstić information content (AvgIpc) is 3.06. The second kappa shape index (κ2) is 21.0. The molecule has 4 rings (SSSR count). The number of rotatable bonds is 10. The smallest absolute Gasteiger partial charge is 0.224 e. The molecule has 0 aromatic heterocycles. The monoisotopic (exact) mass is 648 g/mol. The third kappa shape index (κ3) is 12.6. The molecule has 0 spiro atoms. The zero-order valence-corrected chi connectivity index (χ0v) is 29.3. The predicted octanol–water partition coefficient (Wildman–Crippen LogP) is 10.3. The Bertz CT molecular complexity index is 1610. The van der Waals surface area contributed by atoms with Gasteiger partial charge in [-0.25, -0.2) is 8.42 Å². The van der Waals surface area contributed by atoms with E-state index in [0.29, 0.717) is 23.4 Å². The third-order valence-corrected chi connectivity index (χ3v) is 8.47. The van der Waals surface area contributed by atoms with Gasteiger partial charge in [-0.3, -0.25) is 5.41 Å². The van der Waals surface area contributed by atoms with Gasteiger partial charge in [0, 0.05) is 40.6 Å². The Hall–Kier alpha value is -3.85. The van der Waals surface area contributed by atoms with E-state index in [0.717, 1.165) is 16.7 Å². The van der Waals surface area contributed by atoms with Gasteiger partial charge in [0.05, 0.1) is 11.5 Å². The average molecular weight is 649 g/mol. The van der Waals surface area contributed by atoms with Crippen LogP contribution in [0, 0.1) is 12.3 Å². The van der Waals surface area contributed by atoms with E-state index >= 15 is 0 Å².